The first-order valence-corrected chi connectivity index (χ1v) is 10.1. The van der Waals surface area contributed by atoms with Crippen LogP contribution < -0.4 is 10.0 Å². The van der Waals surface area contributed by atoms with Crippen LogP contribution in [-0.4, -0.2) is 31.1 Å². The maximum Gasteiger partial charge on any atom is 0.242 e. The van der Waals surface area contributed by atoms with Crippen molar-refractivity contribution in [3.63, 3.8) is 0 Å². The van der Waals surface area contributed by atoms with E-state index in [1.54, 1.807) is 6.92 Å². The fraction of sp³-hybridized carbons (Fsp3) is 0.389. The van der Waals surface area contributed by atoms with Gasteiger partial charge in [0.2, 0.25) is 10.0 Å². The maximum absolute atomic E-state index is 13.7. The van der Waals surface area contributed by atoms with Gasteiger partial charge in [-0.05, 0) is 31.5 Å². The second kappa shape index (κ2) is 9.20. The third-order valence-corrected chi connectivity index (χ3v) is 5.50. The molecule has 0 spiro atoms. The highest BCUT2D eigenvalue weighted by Crippen LogP contribution is 2.19. The van der Waals surface area contributed by atoms with Crippen molar-refractivity contribution in [1.82, 2.24) is 9.71 Å². The molecule has 2 rings (SSSR count). The standard InChI is InChI=1S/C18H23F2N3O3S/c1-3-4-12(2)23-27(25,26)14-6-8-18(21-10-14)22-11-17(24)15-7-5-13(19)9-16(15)20/h5-10,12,17,23-24H,3-4,11H2,1-2H3,(H,21,22). The number of nitrogens with zero attached hydrogens (tertiary/aromatic N) is 1. The Morgan fingerprint density at radius 1 is 1.22 bits per heavy atom. The number of pyridine rings is 1. The number of nitrogens with one attached hydrogen (secondary N) is 2. The number of halogens is 2. The van der Waals surface area contributed by atoms with Crippen molar-refractivity contribution in [2.75, 3.05) is 11.9 Å². The Bertz CT molecular complexity index is 861. The summed E-state index contributed by atoms with van der Waals surface area (Å²) in [5.41, 5.74) is -0.0443. The number of hydrogen-bond donors (Lipinski definition) is 3. The molecule has 9 heteroatoms. The van der Waals surface area contributed by atoms with E-state index < -0.39 is 27.8 Å². The lowest BCUT2D eigenvalue weighted by Crippen LogP contribution is -2.32. The van der Waals surface area contributed by atoms with E-state index in [1.807, 2.05) is 6.92 Å². The molecule has 3 N–H and O–H groups in total. The zero-order chi connectivity index (χ0) is 20.0. The van der Waals surface area contributed by atoms with E-state index in [9.17, 15) is 22.3 Å². The highest BCUT2D eigenvalue weighted by molar-refractivity contribution is 7.89. The molecule has 0 saturated carbocycles. The first-order valence-electron chi connectivity index (χ1n) is 8.58. The van der Waals surface area contributed by atoms with Crippen LogP contribution >= 0.6 is 0 Å². The Morgan fingerprint density at radius 3 is 2.56 bits per heavy atom. The molecule has 6 nitrogen and oxygen atoms in total. The van der Waals surface area contributed by atoms with Gasteiger partial charge in [-0.25, -0.2) is 26.9 Å². The average Bonchev–Trinajstić information content (AvgIpc) is 2.60. The highest BCUT2D eigenvalue weighted by atomic mass is 32.2. The van der Waals surface area contributed by atoms with Crippen LogP contribution in [0.25, 0.3) is 0 Å². The first kappa shape index (κ1) is 21.2. The Hall–Kier alpha value is -2.10. The quantitative estimate of drug-likeness (QED) is 0.603. The van der Waals surface area contributed by atoms with E-state index in [2.05, 4.69) is 15.0 Å². The minimum atomic E-state index is -3.66. The summed E-state index contributed by atoms with van der Waals surface area (Å²) in [6.45, 7) is 3.69. The summed E-state index contributed by atoms with van der Waals surface area (Å²) in [5.74, 6) is -1.25. The third-order valence-electron chi connectivity index (χ3n) is 3.92. The minimum absolute atomic E-state index is 0.0288. The number of aliphatic hydroxyl groups is 1. The number of hydrogen-bond acceptors (Lipinski definition) is 5. The van der Waals surface area contributed by atoms with Crippen molar-refractivity contribution in [3.05, 3.63) is 53.7 Å². The first-order chi connectivity index (χ1) is 12.7. The number of aliphatic hydroxyl groups excluding tert-OH is 1. The molecule has 148 valence electrons. The van der Waals surface area contributed by atoms with Crippen LogP contribution in [0.5, 0.6) is 0 Å². The van der Waals surface area contributed by atoms with Crippen molar-refractivity contribution in [2.45, 2.75) is 43.7 Å². The van der Waals surface area contributed by atoms with Gasteiger partial charge < -0.3 is 10.4 Å². The second-order valence-electron chi connectivity index (χ2n) is 6.25. The monoisotopic (exact) mass is 399 g/mol. The minimum Gasteiger partial charge on any atom is -0.386 e. The van der Waals surface area contributed by atoms with Gasteiger partial charge in [0.25, 0.3) is 0 Å². The summed E-state index contributed by atoms with van der Waals surface area (Å²) >= 11 is 0. The Kier molecular flexibility index (Phi) is 7.23. The molecular formula is C18H23F2N3O3S. The van der Waals surface area contributed by atoms with Gasteiger partial charge in [0.1, 0.15) is 22.3 Å². The van der Waals surface area contributed by atoms with E-state index in [4.69, 9.17) is 0 Å². The molecule has 1 aromatic carbocycles. The van der Waals surface area contributed by atoms with E-state index in [0.717, 1.165) is 18.9 Å². The van der Waals surface area contributed by atoms with Crippen LogP contribution in [0, 0.1) is 11.6 Å². The Morgan fingerprint density at radius 2 is 1.96 bits per heavy atom. The van der Waals surface area contributed by atoms with Crippen LogP contribution in [-0.2, 0) is 10.0 Å². The number of rotatable bonds is 9. The molecule has 0 radical (unpaired) electrons. The van der Waals surface area contributed by atoms with Crippen LogP contribution in [0.4, 0.5) is 14.6 Å². The number of anilines is 1. The van der Waals surface area contributed by atoms with Gasteiger partial charge in [0, 0.05) is 30.4 Å². The molecule has 1 aromatic heterocycles. The average molecular weight is 399 g/mol. The fourth-order valence-electron chi connectivity index (χ4n) is 2.55. The molecule has 0 amide bonds. The van der Waals surface area contributed by atoms with Crippen molar-refractivity contribution < 1.29 is 22.3 Å². The molecular weight excluding hydrogens is 376 g/mol. The van der Waals surface area contributed by atoms with E-state index in [1.165, 1.54) is 24.4 Å². The van der Waals surface area contributed by atoms with Gasteiger partial charge in [-0.15, -0.1) is 0 Å². The van der Waals surface area contributed by atoms with Gasteiger partial charge in [-0.1, -0.05) is 19.4 Å². The summed E-state index contributed by atoms with van der Waals surface area (Å²) in [6, 6.07) is 5.59. The van der Waals surface area contributed by atoms with Gasteiger partial charge in [-0.3, -0.25) is 0 Å². The topological polar surface area (TPSA) is 91.3 Å². The molecule has 0 fully saturated rings. The lowest BCUT2D eigenvalue weighted by atomic mass is 10.1. The molecule has 2 atom stereocenters. The molecule has 0 bridgehead atoms. The fourth-order valence-corrected chi connectivity index (χ4v) is 3.77. The Balaban J connectivity index is 1.99. The number of sulfonamides is 1. The van der Waals surface area contributed by atoms with E-state index >= 15 is 0 Å². The van der Waals surface area contributed by atoms with E-state index in [-0.39, 0.29) is 23.0 Å². The number of benzene rings is 1. The van der Waals surface area contributed by atoms with Gasteiger partial charge in [0.15, 0.2) is 0 Å². The van der Waals surface area contributed by atoms with Crippen molar-refractivity contribution >= 4 is 15.8 Å². The van der Waals surface area contributed by atoms with Gasteiger partial charge >= 0.3 is 0 Å². The smallest absolute Gasteiger partial charge is 0.242 e. The third kappa shape index (κ3) is 5.95. The molecule has 2 unspecified atom stereocenters. The molecule has 1 heterocycles. The normalized spacial score (nSPS) is 14.0. The summed E-state index contributed by atoms with van der Waals surface area (Å²) in [6.07, 6.45) is 1.58. The van der Waals surface area contributed by atoms with Crippen LogP contribution in [0.15, 0.2) is 41.4 Å². The van der Waals surface area contributed by atoms with Crippen molar-refractivity contribution in [2.24, 2.45) is 0 Å². The molecule has 2 aromatic rings. The van der Waals surface area contributed by atoms with Crippen LogP contribution in [0.2, 0.25) is 0 Å². The SMILES string of the molecule is CCCC(C)NS(=O)(=O)c1ccc(NCC(O)c2ccc(F)cc2F)nc1. The van der Waals surface area contributed by atoms with Crippen molar-refractivity contribution in [1.29, 1.82) is 0 Å². The zero-order valence-electron chi connectivity index (χ0n) is 15.1. The summed E-state index contributed by atoms with van der Waals surface area (Å²) in [4.78, 5) is 4.03. The Labute approximate surface area is 157 Å². The predicted octanol–water partition coefficient (Wildman–Crippen LogP) is 2.97. The number of aromatic nitrogens is 1. The zero-order valence-corrected chi connectivity index (χ0v) is 15.9. The second-order valence-corrected chi connectivity index (χ2v) is 7.97. The van der Waals surface area contributed by atoms with E-state index in [0.29, 0.717) is 11.9 Å². The van der Waals surface area contributed by atoms with Crippen LogP contribution in [0.1, 0.15) is 38.4 Å². The maximum atomic E-state index is 13.7. The highest BCUT2D eigenvalue weighted by Gasteiger charge is 2.18. The largest absolute Gasteiger partial charge is 0.386 e. The lowest BCUT2D eigenvalue weighted by molar-refractivity contribution is 0.186. The lowest BCUT2D eigenvalue weighted by Gasteiger charge is -2.15. The summed E-state index contributed by atoms with van der Waals surface area (Å²) in [7, 11) is -3.66. The summed E-state index contributed by atoms with van der Waals surface area (Å²) < 4.78 is 53.7. The van der Waals surface area contributed by atoms with Crippen LogP contribution in [0.3, 0.4) is 0 Å². The van der Waals surface area contributed by atoms with Gasteiger partial charge in [0.05, 0.1) is 6.10 Å². The van der Waals surface area contributed by atoms with Crippen molar-refractivity contribution in [3.8, 4) is 0 Å². The van der Waals surface area contributed by atoms with Gasteiger partial charge in [-0.2, -0.15) is 0 Å². The molecule has 27 heavy (non-hydrogen) atoms. The summed E-state index contributed by atoms with van der Waals surface area (Å²) in [5, 5.41) is 12.8. The molecule has 0 aliphatic rings. The molecule has 0 aliphatic carbocycles. The predicted molar refractivity (Wildman–Crippen MR) is 98.7 cm³/mol. The molecule has 0 saturated heterocycles. The molecule has 0 aliphatic heterocycles.